The number of carbonyl (C=O) groups excluding carboxylic acids is 1. The van der Waals surface area contributed by atoms with Crippen LogP contribution in [0, 0.1) is 0 Å². The summed E-state index contributed by atoms with van der Waals surface area (Å²) in [6.45, 7) is 0. The van der Waals surface area contributed by atoms with Gasteiger partial charge in [0.25, 0.3) is 0 Å². The molecule has 0 saturated heterocycles. The molecule has 2 rings (SSSR count). The van der Waals surface area contributed by atoms with E-state index in [9.17, 15) is 19.8 Å². The van der Waals surface area contributed by atoms with Gasteiger partial charge in [-0.2, -0.15) is 0 Å². The Bertz CT molecular complexity index is 768. The summed E-state index contributed by atoms with van der Waals surface area (Å²) in [4.78, 5) is 23.4. The summed E-state index contributed by atoms with van der Waals surface area (Å²) >= 11 is 0. The van der Waals surface area contributed by atoms with Crippen molar-refractivity contribution in [3.8, 4) is 11.5 Å². The van der Waals surface area contributed by atoms with Crippen molar-refractivity contribution < 1.29 is 24.5 Å². The number of methoxy groups -OCH3 is 1. The van der Waals surface area contributed by atoms with Gasteiger partial charge in [0.1, 0.15) is 17.5 Å². The fourth-order valence-corrected chi connectivity index (χ4v) is 2.21. The van der Waals surface area contributed by atoms with Crippen LogP contribution in [-0.2, 0) is 16.0 Å². The number of phenols is 1. The normalized spacial score (nSPS) is 11.9. The lowest BCUT2D eigenvalue weighted by atomic mass is 10.1. The van der Waals surface area contributed by atoms with E-state index in [2.05, 4.69) is 5.32 Å². The highest BCUT2D eigenvalue weighted by atomic mass is 16.5. The number of aromatic hydroxyl groups is 1. The molecule has 1 amide bonds. The van der Waals surface area contributed by atoms with Crippen LogP contribution in [0.15, 0.2) is 54.6 Å². The Labute approximate surface area is 145 Å². The molecule has 1 atom stereocenters. The molecular formula is C19H19NO5. The number of para-hydroxylation sites is 1. The van der Waals surface area contributed by atoms with Crippen molar-refractivity contribution in [1.82, 2.24) is 5.32 Å². The molecule has 2 aromatic rings. The minimum atomic E-state index is -1.12. The predicted octanol–water partition coefficient (Wildman–Crippen LogP) is 2.23. The van der Waals surface area contributed by atoms with Gasteiger partial charge in [0.15, 0.2) is 0 Å². The zero-order chi connectivity index (χ0) is 18.2. The largest absolute Gasteiger partial charge is 0.507 e. The minimum absolute atomic E-state index is 0.0413. The quantitative estimate of drug-likeness (QED) is 0.671. The molecular weight excluding hydrogens is 322 g/mol. The second-order valence-electron chi connectivity index (χ2n) is 5.34. The van der Waals surface area contributed by atoms with E-state index >= 15 is 0 Å². The number of hydrogen-bond donors (Lipinski definition) is 3. The zero-order valence-electron chi connectivity index (χ0n) is 13.7. The van der Waals surface area contributed by atoms with Crippen molar-refractivity contribution in [2.75, 3.05) is 7.11 Å². The van der Waals surface area contributed by atoms with E-state index in [1.807, 2.05) is 0 Å². The molecule has 0 aliphatic rings. The molecule has 0 unspecified atom stereocenters. The third-order valence-corrected chi connectivity index (χ3v) is 3.56. The first-order valence-corrected chi connectivity index (χ1v) is 7.62. The summed E-state index contributed by atoms with van der Waals surface area (Å²) in [7, 11) is 1.55. The molecule has 0 saturated carbocycles. The van der Waals surface area contributed by atoms with Gasteiger partial charge in [-0.05, 0) is 29.8 Å². The molecule has 6 heteroatoms. The Balaban J connectivity index is 2.01. The van der Waals surface area contributed by atoms with Crippen LogP contribution >= 0.6 is 0 Å². The predicted molar refractivity (Wildman–Crippen MR) is 93.4 cm³/mol. The molecule has 0 radical (unpaired) electrons. The Morgan fingerprint density at radius 3 is 2.44 bits per heavy atom. The average Bonchev–Trinajstić information content (AvgIpc) is 2.61. The SMILES string of the molecule is COc1ccc(C[C@H](NC(=O)/C=C/c2ccccc2O)C(=O)O)cc1. The zero-order valence-corrected chi connectivity index (χ0v) is 13.7. The van der Waals surface area contributed by atoms with Gasteiger partial charge in [-0.25, -0.2) is 4.79 Å². The number of phenolic OH excluding ortho intramolecular Hbond substituents is 1. The number of benzene rings is 2. The molecule has 0 heterocycles. The number of rotatable bonds is 7. The first-order valence-electron chi connectivity index (χ1n) is 7.62. The summed E-state index contributed by atoms with van der Waals surface area (Å²) in [6, 6.07) is 12.4. The first kappa shape index (κ1) is 18.1. The summed E-state index contributed by atoms with van der Waals surface area (Å²) in [6.07, 6.45) is 2.77. The summed E-state index contributed by atoms with van der Waals surface area (Å²) < 4.78 is 5.05. The number of ether oxygens (including phenoxy) is 1. The number of carboxylic acids is 1. The number of aliphatic carboxylic acids is 1. The van der Waals surface area contributed by atoms with E-state index in [0.29, 0.717) is 11.3 Å². The lowest BCUT2D eigenvalue weighted by Gasteiger charge is -2.13. The molecule has 0 bridgehead atoms. The molecule has 25 heavy (non-hydrogen) atoms. The maximum atomic E-state index is 12.0. The van der Waals surface area contributed by atoms with E-state index in [1.165, 1.54) is 18.2 Å². The highest BCUT2D eigenvalue weighted by molar-refractivity contribution is 5.94. The van der Waals surface area contributed by atoms with Crippen molar-refractivity contribution in [3.63, 3.8) is 0 Å². The topological polar surface area (TPSA) is 95.9 Å². The Hall–Kier alpha value is -3.28. The van der Waals surface area contributed by atoms with E-state index < -0.39 is 17.9 Å². The number of carbonyl (C=O) groups is 2. The maximum absolute atomic E-state index is 12.0. The van der Waals surface area contributed by atoms with Crippen molar-refractivity contribution in [2.45, 2.75) is 12.5 Å². The van der Waals surface area contributed by atoms with Crippen LogP contribution in [0.2, 0.25) is 0 Å². The van der Waals surface area contributed by atoms with Crippen molar-refractivity contribution >= 4 is 18.0 Å². The van der Waals surface area contributed by atoms with Crippen LogP contribution in [0.1, 0.15) is 11.1 Å². The fourth-order valence-electron chi connectivity index (χ4n) is 2.21. The second-order valence-corrected chi connectivity index (χ2v) is 5.34. The fraction of sp³-hybridized carbons (Fsp3) is 0.158. The van der Waals surface area contributed by atoms with Gasteiger partial charge in [0, 0.05) is 18.1 Å². The lowest BCUT2D eigenvalue weighted by Crippen LogP contribution is -2.41. The highest BCUT2D eigenvalue weighted by Crippen LogP contribution is 2.17. The molecule has 0 aliphatic heterocycles. The van der Waals surface area contributed by atoms with Crippen LogP contribution in [0.25, 0.3) is 6.08 Å². The Kier molecular flexibility index (Phi) is 6.17. The third-order valence-electron chi connectivity index (χ3n) is 3.56. The summed E-state index contributed by atoms with van der Waals surface area (Å²) in [5.41, 5.74) is 1.23. The third kappa shape index (κ3) is 5.39. The molecule has 0 spiro atoms. The van der Waals surface area contributed by atoms with Gasteiger partial charge < -0.3 is 20.3 Å². The first-order chi connectivity index (χ1) is 12.0. The van der Waals surface area contributed by atoms with Crippen LogP contribution in [0.4, 0.5) is 0 Å². The Morgan fingerprint density at radius 1 is 1.16 bits per heavy atom. The van der Waals surface area contributed by atoms with E-state index in [0.717, 1.165) is 5.56 Å². The smallest absolute Gasteiger partial charge is 0.326 e. The van der Waals surface area contributed by atoms with Gasteiger partial charge in [0.05, 0.1) is 7.11 Å². The van der Waals surface area contributed by atoms with Crippen molar-refractivity contribution in [1.29, 1.82) is 0 Å². The average molecular weight is 341 g/mol. The van der Waals surface area contributed by atoms with Gasteiger partial charge in [-0.3, -0.25) is 4.79 Å². The van der Waals surface area contributed by atoms with Crippen LogP contribution < -0.4 is 10.1 Å². The number of carboxylic acid groups (broad SMARTS) is 1. The Morgan fingerprint density at radius 2 is 1.84 bits per heavy atom. The maximum Gasteiger partial charge on any atom is 0.326 e. The highest BCUT2D eigenvalue weighted by Gasteiger charge is 2.19. The molecule has 3 N–H and O–H groups in total. The van der Waals surface area contributed by atoms with Gasteiger partial charge in [-0.1, -0.05) is 30.3 Å². The van der Waals surface area contributed by atoms with E-state index in [-0.39, 0.29) is 12.2 Å². The van der Waals surface area contributed by atoms with E-state index in [1.54, 1.807) is 49.6 Å². The number of nitrogens with one attached hydrogen (secondary N) is 1. The number of hydrogen-bond acceptors (Lipinski definition) is 4. The lowest BCUT2D eigenvalue weighted by molar-refractivity contribution is -0.141. The summed E-state index contributed by atoms with van der Waals surface area (Å²) in [5.74, 6) is -0.964. The van der Waals surface area contributed by atoms with Crippen LogP contribution in [-0.4, -0.2) is 35.2 Å². The molecule has 6 nitrogen and oxygen atoms in total. The molecule has 130 valence electrons. The minimum Gasteiger partial charge on any atom is -0.507 e. The van der Waals surface area contributed by atoms with Crippen molar-refractivity contribution in [2.24, 2.45) is 0 Å². The molecule has 0 aliphatic carbocycles. The number of amides is 1. The van der Waals surface area contributed by atoms with E-state index in [4.69, 9.17) is 4.74 Å². The van der Waals surface area contributed by atoms with Gasteiger partial charge in [0.2, 0.25) is 5.91 Å². The molecule has 0 aromatic heterocycles. The summed E-state index contributed by atoms with van der Waals surface area (Å²) in [5, 5.41) is 21.4. The monoisotopic (exact) mass is 341 g/mol. The van der Waals surface area contributed by atoms with Crippen molar-refractivity contribution in [3.05, 3.63) is 65.7 Å². The molecule has 2 aromatic carbocycles. The van der Waals surface area contributed by atoms with Crippen LogP contribution in [0.5, 0.6) is 11.5 Å². The van der Waals surface area contributed by atoms with Gasteiger partial charge in [-0.15, -0.1) is 0 Å². The second kappa shape index (κ2) is 8.54. The van der Waals surface area contributed by atoms with Gasteiger partial charge >= 0.3 is 5.97 Å². The van der Waals surface area contributed by atoms with Crippen LogP contribution in [0.3, 0.4) is 0 Å². The standard InChI is InChI=1S/C19H19NO5/c1-25-15-9-6-13(7-10-15)12-16(19(23)24)20-18(22)11-8-14-4-2-3-5-17(14)21/h2-11,16,21H,12H2,1H3,(H,20,22)(H,23,24)/b11-8+/t16-/m0/s1. The molecule has 0 fully saturated rings.